The van der Waals surface area contributed by atoms with E-state index in [1.54, 1.807) is 0 Å². The second-order valence-electron chi connectivity index (χ2n) is 7.47. The van der Waals surface area contributed by atoms with Gasteiger partial charge in [-0.3, -0.25) is 4.79 Å². The zero-order chi connectivity index (χ0) is 18.7. The van der Waals surface area contributed by atoms with Crippen molar-refractivity contribution >= 4 is 5.91 Å². The summed E-state index contributed by atoms with van der Waals surface area (Å²) in [4.78, 5) is 12.5. The number of nitrogens with one attached hydrogen (secondary N) is 1. The van der Waals surface area contributed by atoms with Crippen LogP contribution in [0.2, 0.25) is 0 Å². The summed E-state index contributed by atoms with van der Waals surface area (Å²) in [6.45, 7) is 8.00. The fourth-order valence-corrected chi connectivity index (χ4v) is 3.49. The van der Waals surface area contributed by atoms with Crippen LogP contribution in [0, 0.1) is 13.8 Å². The molecule has 0 spiro atoms. The Bertz CT molecular complexity index is 797. The van der Waals surface area contributed by atoms with Gasteiger partial charge >= 0.3 is 0 Å². The van der Waals surface area contributed by atoms with Crippen LogP contribution in [-0.4, -0.2) is 12.0 Å². The molecule has 3 nitrogen and oxygen atoms in total. The molecular formula is C23H29NO2. The minimum absolute atomic E-state index is 0.0450. The first-order chi connectivity index (χ1) is 12.4. The van der Waals surface area contributed by atoms with Crippen LogP contribution < -0.4 is 10.1 Å². The third-order valence-corrected chi connectivity index (χ3v) is 5.39. The lowest BCUT2D eigenvalue weighted by atomic mass is 9.92. The first-order valence-corrected chi connectivity index (χ1v) is 9.60. The largest absolute Gasteiger partial charge is 0.481 e. The van der Waals surface area contributed by atoms with Crippen molar-refractivity contribution in [1.82, 2.24) is 5.32 Å². The van der Waals surface area contributed by atoms with Gasteiger partial charge in [0.15, 0.2) is 6.10 Å². The monoisotopic (exact) mass is 351 g/mol. The van der Waals surface area contributed by atoms with E-state index >= 15 is 0 Å². The summed E-state index contributed by atoms with van der Waals surface area (Å²) in [5, 5.41) is 3.06. The van der Waals surface area contributed by atoms with Crippen LogP contribution in [0.3, 0.4) is 0 Å². The average molecular weight is 351 g/mol. The van der Waals surface area contributed by atoms with Gasteiger partial charge < -0.3 is 10.1 Å². The zero-order valence-corrected chi connectivity index (χ0v) is 16.3. The van der Waals surface area contributed by atoms with Crippen LogP contribution in [0.5, 0.6) is 5.75 Å². The van der Waals surface area contributed by atoms with E-state index in [1.165, 1.54) is 35.1 Å². The number of aryl methyl sites for hydroxylation is 4. The van der Waals surface area contributed by atoms with Crippen LogP contribution in [0.25, 0.3) is 0 Å². The maximum atomic E-state index is 12.5. The lowest BCUT2D eigenvalue weighted by Crippen LogP contribution is -2.37. The smallest absolute Gasteiger partial charge is 0.261 e. The number of amides is 1. The van der Waals surface area contributed by atoms with Gasteiger partial charge in [-0.1, -0.05) is 24.3 Å². The molecule has 26 heavy (non-hydrogen) atoms. The highest BCUT2D eigenvalue weighted by Gasteiger charge is 2.19. The van der Waals surface area contributed by atoms with Crippen molar-refractivity contribution in [2.45, 2.75) is 65.5 Å². The Morgan fingerprint density at radius 1 is 0.962 bits per heavy atom. The third-order valence-electron chi connectivity index (χ3n) is 5.39. The molecule has 2 aromatic carbocycles. The van der Waals surface area contributed by atoms with Crippen LogP contribution in [-0.2, 0) is 17.6 Å². The van der Waals surface area contributed by atoms with E-state index in [4.69, 9.17) is 4.74 Å². The highest BCUT2D eigenvalue weighted by molar-refractivity contribution is 5.81. The van der Waals surface area contributed by atoms with E-state index in [2.05, 4.69) is 49.5 Å². The van der Waals surface area contributed by atoms with E-state index in [0.29, 0.717) is 0 Å². The number of benzene rings is 2. The molecule has 0 radical (unpaired) electrons. The number of rotatable bonds is 5. The summed E-state index contributed by atoms with van der Waals surface area (Å²) in [5.41, 5.74) is 6.40. The average Bonchev–Trinajstić information content (AvgIpc) is 2.63. The van der Waals surface area contributed by atoms with Crippen molar-refractivity contribution in [2.75, 3.05) is 0 Å². The fourth-order valence-electron chi connectivity index (χ4n) is 3.49. The normalized spacial score (nSPS) is 15.7. The molecule has 138 valence electrons. The molecule has 1 amide bonds. The molecule has 0 aromatic heterocycles. The zero-order valence-electron chi connectivity index (χ0n) is 16.3. The summed E-state index contributed by atoms with van der Waals surface area (Å²) in [6, 6.07) is 12.5. The molecule has 0 saturated carbocycles. The van der Waals surface area contributed by atoms with E-state index < -0.39 is 6.10 Å². The standard InChI is InChI=1S/C23H29NO2/c1-15-9-10-20(13-16(15)2)17(3)24-23(25)18(4)26-22-12-11-19-7-5-6-8-21(19)14-22/h9-14,17-18H,5-8H2,1-4H3,(H,24,25)/t17-,18+/m1/s1. The first-order valence-electron chi connectivity index (χ1n) is 9.60. The van der Waals surface area contributed by atoms with Gasteiger partial charge in [0.1, 0.15) is 5.75 Å². The highest BCUT2D eigenvalue weighted by Crippen LogP contribution is 2.26. The molecule has 0 saturated heterocycles. The maximum absolute atomic E-state index is 12.5. The van der Waals surface area contributed by atoms with Gasteiger partial charge in [-0.25, -0.2) is 0 Å². The molecule has 0 fully saturated rings. The van der Waals surface area contributed by atoms with Gasteiger partial charge in [-0.2, -0.15) is 0 Å². The lowest BCUT2D eigenvalue weighted by Gasteiger charge is -2.21. The Morgan fingerprint density at radius 3 is 2.42 bits per heavy atom. The van der Waals surface area contributed by atoms with Gasteiger partial charge in [-0.05, 0) is 93.3 Å². The highest BCUT2D eigenvalue weighted by atomic mass is 16.5. The molecule has 3 heteroatoms. The molecule has 1 aliphatic rings. The van der Waals surface area contributed by atoms with Gasteiger partial charge in [-0.15, -0.1) is 0 Å². The van der Waals surface area contributed by atoms with Gasteiger partial charge in [0.25, 0.3) is 5.91 Å². The van der Waals surface area contributed by atoms with Crippen LogP contribution >= 0.6 is 0 Å². The Balaban J connectivity index is 1.61. The number of ether oxygens (including phenoxy) is 1. The summed E-state index contributed by atoms with van der Waals surface area (Å²) in [5.74, 6) is 0.695. The Kier molecular flexibility index (Phi) is 5.65. The van der Waals surface area contributed by atoms with Crippen LogP contribution in [0.1, 0.15) is 60.5 Å². The molecular weight excluding hydrogens is 322 g/mol. The molecule has 3 rings (SSSR count). The predicted molar refractivity (Wildman–Crippen MR) is 106 cm³/mol. The van der Waals surface area contributed by atoms with Crippen molar-refractivity contribution in [1.29, 1.82) is 0 Å². The maximum Gasteiger partial charge on any atom is 0.261 e. The van der Waals surface area contributed by atoms with E-state index in [9.17, 15) is 4.79 Å². The minimum Gasteiger partial charge on any atom is -0.481 e. The molecule has 0 unspecified atom stereocenters. The van der Waals surface area contributed by atoms with Gasteiger partial charge in [0.2, 0.25) is 0 Å². The van der Waals surface area contributed by atoms with Crippen molar-refractivity contribution < 1.29 is 9.53 Å². The number of carbonyl (C=O) groups is 1. The summed E-state index contributed by atoms with van der Waals surface area (Å²) in [6.07, 6.45) is 4.24. The second-order valence-corrected chi connectivity index (χ2v) is 7.47. The SMILES string of the molecule is Cc1ccc([C@@H](C)NC(=O)[C@H](C)Oc2ccc3c(c2)CCCC3)cc1C. The minimum atomic E-state index is -0.523. The number of fused-ring (bicyclic) bond motifs is 1. The van der Waals surface area contributed by atoms with Crippen molar-refractivity contribution in [3.05, 3.63) is 64.2 Å². The summed E-state index contributed by atoms with van der Waals surface area (Å²) in [7, 11) is 0. The fraction of sp³-hybridized carbons (Fsp3) is 0.435. The van der Waals surface area contributed by atoms with E-state index in [0.717, 1.165) is 24.2 Å². The number of hydrogen-bond acceptors (Lipinski definition) is 2. The first kappa shape index (κ1) is 18.5. The molecule has 2 aromatic rings. The molecule has 0 heterocycles. The van der Waals surface area contributed by atoms with E-state index in [1.807, 2.05) is 19.9 Å². The number of carbonyl (C=O) groups excluding carboxylic acids is 1. The van der Waals surface area contributed by atoms with Crippen molar-refractivity contribution in [3.8, 4) is 5.75 Å². The Hall–Kier alpha value is -2.29. The third kappa shape index (κ3) is 4.27. The Labute approximate surface area is 156 Å². The Morgan fingerprint density at radius 2 is 1.69 bits per heavy atom. The van der Waals surface area contributed by atoms with Crippen LogP contribution in [0.4, 0.5) is 0 Å². The topological polar surface area (TPSA) is 38.3 Å². The quantitative estimate of drug-likeness (QED) is 0.838. The van der Waals surface area contributed by atoms with Crippen molar-refractivity contribution in [3.63, 3.8) is 0 Å². The molecule has 2 atom stereocenters. The van der Waals surface area contributed by atoms with Gasteiger partial charge in [0, 0.05) is 0 Å². The molecule has 0 bridgehead atoms. The van der Waals surface area contributed by atoms with Crippen molar-refractivity contribution in [2.24, 2.45) is 0 Å². The van der Waals surface area contributed by atoms with Gasteiger partial charge in [0.05, 0.1) is 6.04 Å². The van der Waals surface area contributed by atoms with Crippen LogP contribution in [0.15, 0.2) is 36.4 Å². The lowest BCUT2D eigenvalue weighted by molar-refractivity contribution is -0.127. The molecule has 0 aliphatic heterocycles. The predicted octanol–water partition coefficient (Wildman–Crippen LogP) is 4.83. The second kappa shape index (κ2) is 7.94. The summed E-state index contributed by atoms with van der Waals surface area (Å²) >= 11 is 0. The van der Waals surface area contributed by atoms with E-state index in [-0.39, 0.29) is 11.9 Å². The summed E-state index contributed by atoms with van der Waals surface area (Å²) < 4.78 is 5.91. The number of hydrogen-bond donors (Lipinski definition) is 1. The molecule has 1 aliphatic carbocycles. The molecule has 1 N–H and O–H groups in total.